The summed E-state index contributed by atoms with van der Waals surface area (Å²) in [5, 5.41) is 0. The molecule has 4 aromatic rings. The predicted octanol–water partition coefficient (Wildman–Crippen LogP) is 2.08. The van der Waals surface area contributed by atoms with Crippen molar-refractivity contribution in [1.82, 2.24) is 0 Å². The Morgan fingerprint density at radius 1 is 0.686 bits per heavy atom. The molecule has 0 nitrogen and oxygen atoms in total. The Balaban J connectivity index is 0.000000189. The Morgan fingerprint density at radius 2 is 1.11 bits per heavy atom. The monoisotopic (exact) mass is 590 g/mol. The molecule has 0 spiro atoms. The van der Waals surface area contributed by atoms with Crippen LogP contribution in [-0.4, -0.2) is 5.43 Å². The topological polar surface area (TPSA) is 0 Å². The number of unbranched alkanes of at least 4 members (excludes halogenated alkanes) is 1. The van der Waals surface area contributed by atoms with Crippen LogP contribution in [0.4, 0.5) is 0 Å². The minimum Gasteiger partial charge on any atom is -1.00 e. The van der Waals surface area contributed by atoms with Gasteiger partial charge in [0, 0.05) is 0 Å². The third-order valence-electron chi connectivity index (χ3n) is 6.14. The molecule has 0 saturated heterocycles. The van der Waals surface area contributed by atoms with Crippen molar-refractivity contribution in [2.24, 2.45) is 0 Å². The minimum absolute atomic E-state index is 0. The van der Waals surface area contributed by atoms with E-state index in [1.165, 1.54) is 57.3 Å². The van der Waals surface area contributed by atoms with Crippen LogP contribution in [0.5, 0.6) is 0 Å². The Kier molecular flexibility index (Phi) is 12.7. The maximum absolute atomic E-state index is 3.30. The van der Waals surface area contributed by atoms with Gasteiger partial charge in [0.2, 0.25) is 0 Å². The molecule has 2 aliphatic carbocycles. The molecule has 0 fully saturated rings. The number of hydrogen-bond donors (Lipinski definition) is 0. The molecule has 35 heavy (non-hydrogen) atoms. The van der Waals surface area contributed by atoms with Crippen molar-refractivity contribution in [3.05, 3.63) is 119 Å². The number of fused-ring (bicyclic) bond motifs is 6. The summed E-state index contributed by atoms with van der Waals surface area (Å²) in [5.41, 5.74) is 11.2. The molecule has 2 aliphatic rings. The van der Waals surface area contributed by atoms with E-state index in [1.807, 2.05) is 12.1 Å². The van der Waals surface area contributed by atoms with E-state index in [4.69, 9.17) is 0 Å². The first-order valence-electron chi connectivity index (χ1n) is 11.9. The average molecular weight is 593 g/mol. The first-order chi connectivity index (χ1) is 16.2. The second kappa shape index (κ2) is 15.0. The van der Waals surface area contributed by atoms with Gasteiger partial charge in [0.15, 0.2) is 0 Å². The molecular weight excluding hydrogens is 563 g/mol. The van der Waals surface area contributed by atoms with Crippen LogP contribution in [-0.2, 0) is 36.2 Å². The molecule has 0 aliphatic heterocycles. The summed E-state index contributed by atoms with van der Waals surface area (Å²) in [7, 11) is 0. The normalized spacial score (nSPS) is 11.0. The summed E-state index contributed by atoms with van der Waals surface area (Å²) in [6.45, 7) is 4.68. The molecule has 4 aromatic carbocycles. The third kappa shape index (κ3) is 7.77. The second-order valence-corrected chi connectivity index (χ2v) is 17.0. The number of rotatable bonds is 3. The average Bonchev–Trinajstić information content (AvgIpc) is 3.42. The van der Waals surface area contributed by atoms with Gasteiger partial charge in [-0.2, -0.15) is 59.7 Å². The summed E-state index contributed by atoms with van der Waals surface area (Å²) < 4.78 is 0. The molecule has 0 bridgehead atoms. The predicted molar refractivity (Wildman–Crippen MR) is 138 cm³/mol. The van der Waals surface area contributed by atoms with Gasteiger partial charge < -0.3 is 24.8 Å². The van der Waals surface area contributed by atoms with E-state index in [-0.39, 0.29) is 30.2 Å². The number of benzene rings is 4. The van der Waals surface area contributed by atoms with Crippen LogP contribution in [0.25, 0.3) is 22.3 Å². The smallest absolute Gasteiger partial charge is 0.0253 e. The van der Waals surface area contributed by atoms with Crippen molar-refractivity contribution >= 4 is 5.43 Å². The third-order valence-corrected chi connectivity index (χ3v) is 9.09. The Labute approximate surface area is 238 Å². The first-order valence-corrected chi connectivity index (χ1v) is 17.8. The molecule has 178 valence electrons. The molecule has 6 rings (SSSR count). The van der Waals surface area contributed by atoms with Gasteiger partial charge in [0.1, 0.15) is 0 Å². The van der Waals surface area contributed by atoms with E-state index in [1.54, 1.807) is 29.4 Å². The van der Waals surface area contributed by atoms with Gasteiger partial charge in [0.05, 0.1) is 0 Å². The zero-order valence-corrected chi connectivity index (χ0v) is 25.3. The number of halogens is 2. The molecule has 0 radical (unpaired) electrons. The Hall–Kier alpha value is -1.44. The van der Waals surface area contributed by atoms with Gasteiger partial charge in [-0.15, -0.1) is 11.1 Å². The SMILES string of the molecule is CCCC[Si](C)=[Zr+2].[Cl-].[Cl-].[c-]1cccc2c1Cc1ccccc1-2.[c-]1cccc2c1Cc1ccccc1-2. The van der Waals surface area contributed by atoms with Crippen molar-refractivity contribution < 1.29 is 48.1 Å². The largest absolute Gasteiger partial charge is 1.00 e. The number of hydrogen-bond acceptors (Lipinski definition) is 0. The molecule has 0 saturated carbocycles. The fourth-order valence-corrected chi connectivity index (χ4v) is 6.62. The van der Waals surface area contributed by atoms with Gasteiger partial charge in [-0.1, -0.05) is 70.8 Å². The zero-order valence-electron chi connectivity index (χ0n) is 20.4. The molecular formula is C31H30Cl2SiZr-2. The van der Waals surface area contributed by atoms with Crippen molar-refractivity contribution in [2.45, 2.75) is 45.2 Å². The Bertz CT molecular complexity index is 1080. The van der Waals surface area contributed by atoms with E-state index in [2.05, 4.69) is 98.4 Å². The van der Waals surface area contributed by atoms with Gasteiger partial charge in [0.25, 0.3) is 0 Å². The molecule has 0 amide bonds. The van der Waals surface area contributed by atoms with Crippen LogP contribution in [0.3, 0.4) is 0 Å². The van der Waals surface area contributed by atoms with Crippen LogP contribution in [0.2, 0.25) is 12.6 Å². The maximum Gasteiger partial charge on any atom is -0.0253 e. The van der Waals surface area contributed by atoms with E-state index >= 15 is 0 Å². The zero-order chi connectivity index (χ0) is 23.0. The van der Waals surface area contributed by atoms with Crippen LogP contribution >= 0.6 is 0 Å². The standard InChI is InChI=1S/2C13H9.C5H12Si.2ClH.Zr/c2*1-3-7-12-10(5-1)9-11-6-2-4-8-13(11)12;1-3-4-5-6-2;;;/h2*1-5,7-8H,9H2;3-5H2,1-2H3;2*1H;/q2*-1;;;;+2/p-2. The van der Waals surface area contributed by atoms with Gasteiger partial charge >= 0.3 is 61.1 Å². The van der Waals surface area contributed by atoms with E-state index in [0.717, 1.165) is 12.8 Å². The summed E-state index contributed by atoms with van der Waals surface area (Å²) in [5.74, 6) is 0. The quantitative estimate of drug-likeness (QED) is 0.218. The summed E-state index contributed by atoms with van der Waals surface area (Å²) in [6, 6.07) is 37.8. The van der Waals surface area contributed by atoms with Crippen LogP contribution in [0.1, 0.15) is 42.0 Å². The molecule has 0 heterocycles. The van der Waals surface area contributed by atoms with Crippen molar-refractivity contribution in [3.8, 4) is 22.3 Å². The molecule has 0 atom stereocenters. The van der Waals surface area contributed by atoms with Crippen LogP contribution < -0.4 is 24.8 Å². The summed E-state index contributed by atoms with van der Waals surface area (Å²) in [6.07, 6.45) is 4.95. The van der Waals surface area contributed by atoms with Crippen molar-refractivity contribution in [1.29, 1.82) is 0 Å². The van der Waals surface area contributed by atoms with Crippen molar-refractivity contribution in [3.63, 3.8) is 0 Å². The van der Waals surface area contributed by atoms with Crippen LogP contribution in [0.15, 0.2) is 84.9 Å². The molecule has 0 aromatic heterocycles. The van der Waals surface area contributed by atoms with Gasteiger partial charge in [-0.25, -0.2) is 0 Å². The van der Waals surface area contributed by atoms with Crippen LogP contribution in [0, 0.1) is 12.1 Å². The first kappa shape index (κ1) is 29.8. The van der Waals surface area contributed by atoms with E-state index < -0.39 is 0 Å². The summed E-state index contributed by atoms with van der Waals surface area (Å²) in [4.78, 5) is 0. The fraction of sp³-hybridized carbons (Fsp3) is 0.226. The van der Waals surface area contributed by atoms with Gasteiger partial charge in [-0.05, 0) is 12.8 Å². The molecule has 0 unspecified atom stereocenters. The van der Waals surface area contributed by atoms with Gasteiger partial charge in [-0.3, -0.25) is 0 Å². The maximum atomic E-state index is 3.30. The van der Waals surface area contributed by atoms with E-state index in [9.17, 15) is 0 Å². The van der Waals surface area contributed by atoms with E-state index in [0.29, 0.717) is 0 Å². The second-order valence-electron chi connectivity index (χ2n) is 8.68. The summed E-state index contributed by atoms with van der Waals surface area (Å²) >= 11 is 1.80. The fourth-order valence-electron chi connectivity index (χ4n) is 4.44. The van der Waals surface area contributed by atoms with Crippen molar-refractivity contribution in [2.75, 3.05) is 0 Å². The minimum atomic E-state index is 0. The molecule has 0 N–H and O–H groups in total. The Morgan fingerprint density at radius 3 is 1.51 bits per heavy atom. The molecule has 4 heteroatoms.